The molecule has 1 aliphatic rings. The van der Waals surface area contributed by atoms with E-state index in [-0.39, 0.29) is 19.4 Å². The maximum atomic E-state index is 13.4. The van der Waals surface area contributed by atoms with Gasteiger partial charge in [0, 0.05) is 6.42 Å². The highest BCUT2D eigenvalue weighted by molar-refractivity contribution is 5.80. The Hall–Kier alpha value is -2.38. The first-order valence-corrected chi connectivity index (χ1v) is 30.9. The third-order valence-electron chi connectivity index (χ3n) is 14.5. The Balaban J connectivity index is 2.68. The molecule has 1 saturated heterocycles. The number of aliphatic hydroxyl groups is 5. The molecule has 0 radical (unpaired) electrons. The van der Waals surface area contributed by atoms with Crippen molar-refractivity contribution in [2.75, 3.05) is 13.2 Å². The predicted molar refractivity (Wildman–Crippen MR) is 306 cm³/mol. The Morgan fingerprint density at radius 2 is 0.932 bits per heavy atom. The molecule has 6 N–H and O–H groups in total. The smallest absolute Gasteiger partial charge is 0.306 e. The van der Waals surface area contributed by atoms with E-state index < -0.39 is 67.4 Å². The van der Waals surface area contributed by atoms with Crippen LogP contribution in [0.1, 0.15) is 278 Å². The van der Waals surface area contributed by atoms with Crippen LogP contribution < -0.4 is 5.32 Å². The number of carbonyl (C=O) groups excluding carboxylic acids is 2. The van der Waals surface area contributed by atoms with Crippen LogP contribution >= 0.6 is 0 Å². The fraction of sp³-hybridized carbons (Fsp3) is 0.841. The van der Waals surface area contributed by atoms with Gasteiger partial charge in [-0.3, -0.25) is 9.59 Å². The highest BCUT2D eigenvalue weighted by Gasteiger charge is 2.47. The minimum Gasteiger partial charge on any atom is -0.454 e. The van der Waals surface area contributed by atoms with Crippen LogP contribution in [0, 0.1) is 0 Å². The number of carbonyl (C=O) groups is 2. The van der Waals surface area contributed by atoms with E-state index in [1.54, 1.807) is 6.08 Å². The van der Waals surface area contributed by atoms with E-state index in [0.29, 0.717) is 12.8 Å². The molecule has 1 rings (SSSR count). The number of nitrogens with one attached hydrogen (secondary N) is 1. The van der Waals surface area contributed by atoms with Crippen molar-refractivity contribution < 1.29 is 49.3 Å². The van der Waals surface area contributed by atoms with Crippen LogP contribution in [-0.4, -0.2) is 99.6 Å². The van der Waals surface area contributed by atoms with Crippen LogP contribution in [0.5, 0.6) is 0 Å². The molecule has 1 heterocycles. The lowest BCUT2D eigenvalue weighted by molar-refractivity contribution is -0.305. The minimum atomic E-state index is -1.61. The van der Waals surface area contributed by atoms with E-state index in [1.807, 2.05) is 6.08 Å². The molecule has 74 heavy (non-hydrogen) atoms. The predicted octanol–water partition coefficient (Wildman–Crippen LogP) is 14.4. The molecule has 8 unspecified atom stereocenters. The topological polar surface area (TPSA) is 175 Å². The van der Waals surface area contributed by atoms with Crippen molar-refractivity contribution in [1.29, 1.82) is 0 Å². The molecular weight excluding hydrogens is 931 g/mol. The lowest BCUT2D eigenvalue weighted by atomic mass is 9.99. The van der Waals surface area contributed by atoms with Gasteiger partial charge in [0.25, 0.3) is 0 Å². The van der Waals surface area contributed by atoms with Gasteiger partial charge < -0.3 is 45.1 Å². The monoisotopic (exact) mass is 1050 g/mol. The van der Waals surface area contributed by atoms with E-state index in [9.17, 15) is 35.1 Å². The number of esters is 1. The number of aliphatic hydroxyl groups excluding tert-OH is 5. The summed E-state index contributed by atoms with van der Waals surface area (Å²) in [5, 5.41) is 56.9. The zero-order valence-electron chi connectivity index (χ0n) is 47.7. The fourth-order valence-electron chi connectivity index (χ4n) is 9.54. The number of hydrogen-bond acceptors (Lipinski definition) is 10. The van der Waals surface area contributed by atoms with Crippen LogP contribution in [0.15, 0.2) is 48.6 Å². The van der Waals surface area contributed by atoms with Crippen molar-refractivity contribution in [2.45, 2.75) is 327 Å². The van der Waals surface area contributed by atoms with Crippen LogP contribution in [0.3, 0.4) is 0 Å². The van der Waals surface area contributed by atoms with Crippen LogP contribution in [-0.2, 0) is 23.8 Å². The average molecular weight is 1050 g/mol. The summed E-state index contributed by atoms with van der Waals surface area (Å²) in [5.41, 5.74) is 0. The molecule has 1 aliphatic heterocycles. The van der Waals surface area contributed by atoms with E-state index >= 15 is 0 Å². The number of hydrogen-bond donors (Lipinski definition) is 6. The zero-order chi connectivity index (χ0) is 54.0. The van der Waals surface area contributed by atoms with Gasteiger partial charge in [-0.15, -0.1) is 0 Å². The summed E-state index contributed by atoms with van der Waals surface area (Å²) in [4.78, 5) is 26.5. The highest BCUT2D eigenvalue weighted by atomic mass is 16.7. The van der Waals surface area contributed by atoms with Crippen molar-refractivity contribution >= 4 is 11.9 Å². The first-order valence-electron chi connectivity index (χ1n) is 30.9. The molecule has 0 saturated carbocycles. The van der Waals surface area contributed by atoms with Gasteiger partial charge in [-0.25, -0.2) is 0 Å². The lowest BCUT2D eigenvalue weighted by Crippen LogP contribution is -2.61. The number of rotatable bonds is 52. The van der Waals surface area contributed by atoms with Gasteiger partial charge in [0.2, 0.25) is 5.91 Å². The molecule has 1 amide bonds. The van der Waals surface area contributed by atoms with Gasteiger partial charge in [0.1, 0.15) is 24.4 Å². The Morgan fingerprint density at radius 3 is 1.42 bits per heavy atom. The van der Waals surface area contributed by atoms with Gasteiger partial charge >= 0.3 is 5.97 Å². The van der Waals surface area contributed by atoms with Gasteiger partial charge in [-0.1, -0.05) is 256 Å². The number of allylic oxidation sites excluding steroid dienone is 7. The van der Waals surface area contributed by atoms with Crippen LogP contribution in [0.4, 0.5) is 0 Å². The third kappa shape index (κ3) is 39.1. The van der Waals surface area contributed by atoms with Crippen LogP contribution in [0.2, 0.25) is 0 Å². The summed E-state index contributed by atoms with van der Waals surface area (Å²) in [6.07, 6.45) is 51.4. The van der Waals surface area contributed by atoms with Gasteiger partial charge in [0.05, 0.1) is 25.4 Å². The van der Waals surface area contributed by atoms with E-state index in [2.05, 4.69) is 62.5 Å². The largest absolute Gasteiger partial charge is 0.454 e. The molecule has 8 atom stereocenters. The maximum Gasteiger partial charge on any atom is 0.306 e. The third-order valence-corrected chi connectivity index (χ3v) is 14.5. The number of ether oxygens (including phenoxy) is 3. The summed E-state index contributed by atoms with van der Waals surface area (Å²) in [6.45, 7) is 5.76. The molecule has 0 aromatic rings. The van der Waals surface area contributed by atoms with Gasteiger partial charge in [-0.05, 0) is 64.2 Å². The van der Waals surface area contributed by atoms with E-state index in [4.69, 9.17) is 14.2 Å². The average Bonchev–Trinajstić information content (AvgIpc) is 3.40. The molecule has 11 nitrogen and oxygen atoms in total. The molecule has 0 aliphatic carbocycles. The van der Waals surface area contributed by atoms with Gasteiger partial charge in [0.15, 0.2) is 12.4 Å². The molecule has 0 spiro atoms. The summed E-state index contributed by atoms with van der Waals surface area (Å²) >= 11 is 0. The normalized spacial score (nSPS) is 19.6. The van der Waals surface area contributed by atoms with Crippen molar-refractivity contribution in [3.05, 3.63) is 48.6 Å². The minimum absolute atomic E-state index is 0.126. The second kappa shape index (κ2) is 51.4. The SMILES string of the molecule is CCCCC/C=C\C/C=C\C/C=C\CCCCCCCCCC(O)C(=O)NC(COC1OC(CO)C(O)C(O)C1OC(=O)CCCCCCCCCCCCCCC)C(O)/C=C/CCCCCCCCCCCC. The first kappa shape index (κ1) is 69.6. The quantitative estimate of drug-likeness (QED) is 0.0195. The number of unbranched alkanes of at least 4 members (excludes halogenated alkanes) is 32. The second-order valence-electron chi connectivity index (χ2n) is 21.4. The van der Waals surface area contributed by atoms with E-state index in [1.165, 1.54) is 148 Å². The summed E-state index contributed by atoms with van der Waals surface area (Å²) < 4.78 is 17.6. The molecule has 1 fully saturated rings. The first-order chi connectivity index (χ1) is 36.2. The standard InChI is InChI=1S/C63H115NO10/c1-4-7-10-13-16-19-22-25-26-27-28-29-30-31-33-35-38-41-44-47-50-56(67)62(71)64-54(55(66)49-46-43-40-37-34-24-21-18-15-12-9-6-3)53-72-63-61(60(70)59(69)57(52-65)73-63)74-58(68)51-48-45-42-39-36-32-23-20-17-14-11-8-5-2/h16,19,25-26,28-29,46,49,54-57,59-61,63,65-67,69-70H,4-15,17-18,20-24,27,30-45,47-48,50-53H2,1-3H3,(H,64,71)/b19-16-,26-25-,29-28-,49-46+. The summed E-state index contributed by atoms with van der Waals surface area (Å²) in [7, 11) is 0. The van der Waals surface area contributed by atoms with Gasteiger partial charge in [-0.2, -0.15) is 0 Å². The molecule has 11 heteroatoms. The fourth-order valence-corrected chi connectivity index (χ4v) is 9.54. The van der Waals surface area contributed by atoms with Crippen molar-refractivity contribution in [2.24, 2.45) is 0 Å². The zero-order valence-corrected chi connectivity index (χ0v) is 47.7. The Labute approximate surface area is 453 Å². The van der Waals surface area contributed by atoms with Crippen molar-refractivity contribution in [3.63, 3.8) is 0 Å². The second-order valence-corrected chi connectivity index (χ2v) is 21.4. The number of amides is 1. The Bertz CT molecular complexity index is 1390. The maximum absolute atomic E-state index is 13.4. The van der Waals surface area contributed by atoms with Crippen LogP contribution in [0.25, 0.3) is 0 Å². The molecule has 432 valence electrons. The molecule has 0 aromatic heterocycles. The van der Waals surface area contributed by atoms with Crippen molar-refractivity contribution in [1.82, 2.24) is 5.32 Å². The van der Waals surface area contributed by atoms with E-state index in [0.717, 1.165) is 83.5 Å². The Kier molecular flexibility index (Phi) is 48.3. The van der Waals surface area contributed by atoms with Crippen molar-refractivity contribution in [3.8, 4) is 0 Å². The molecular formula is C63H115NO10. The lowest BCUT2D eigenvalue weighted by Gasteiger charge is -2.41. The molecule has 0 aromatic carbocycles. The molecule has 0 bridgehead atoms. The highest BCUT2D eigenvalue weighted by Crippen LogP contribution is 2.26. The summed E-state index contributed by atoms with van der Waals surface area (Å²) in [6, 6.07) is -1.03. The summed E-state index contributed by atoms with van der Waals surface area (Å²) in [5.74, 6) is -1.20. The Morgan fingerprint density at radius 1 is 0.527 bits per heavy atom.